The topological polar surface area (TPSA) is 69.3 Å². The van der Waals surface area contributed by atoms with Crippen molar-refractivity contribution in [3.8, 4) is 0 Å². The molecule has 1 heterocycles. The van der Waals surface area contributed by atoms with E-state index in [1.54, 1.807) is 0 Å². The zero-order valence-electron chi connectivity index (χ0n) is 11.5. The van der Waals surface area contributed by atoms with Gasteiger partial charge in [-0.25, -0.2) is 0 Å². The Morgan fingerprint density at radius 1 is 1.50 bits per heavy atom. The van der Waals surface area contributed by atoms with Crippen molar-refractivity contribution in [3.05, 3.63) is 23.0 Å². The summed E-state index contributed by atoms with van der Waals surface area (Å²) in [6.45, 7) is 9.42. The third-order valence-corrected chi connectivity index (χ3v) is 2.98. The number of amides is 1. The molecule has 0 aromatic carbocycles. The third-order valence-electron chi connectivity index (χ3n) is 2.98. The molecule has 0 spiro atoms. The number of aromatic nitrogens is 1. The summed E-state index contributed by atoms with van der Waals surface area (Å²) < 4.78 is 7.36. The summed E-state index contributed by atoms with van der Waals surface area (Å²) in [5, 5.41) is 3.29. The molecule has 0 aliphatic rings. The van der Waals surface area contributed by atoms with E-state index < -0.39 is 5.91 Å². The van der Waals surface area contributed by atoms with Crippen LogP contribution in [0.15, 0.2) is 6.07 Å². The summed E-state index contributed by atoms with van der Waals surface area (Å²) in [6.07, 6.45) is 0. The van der Waals surface area contributed by atoms with E-state index in [-0.39, 0.29) is 6.61 Å². The van der Waals surface area contributed by atoms with Gasteiger partial charge in [-0.15, -0.1) is 0 Å². The molecule has 1 aromatic rings. The van der Waals surface area contributed by atoms with Crippen LogP contribution in [0.5, 0.6) is 0 Å². The minimum Gasteiger partial charge on any atom is -0.370 e. The number of hydrogen-bond donors (Lipinski definition) is 2. The van der Waals surface area contributed by atoms with E-state index in [4.69, 9.17) is 10.5 Å². The predicted octanol–water partition coefficient (Wildman–Crippen LogP) is 0.716. The molecule has 0 radical (unpaired) electrons. The van der Waals surface area contributed by atoms with Gasteiger partial charge in [0, 0.05) is 31.0 Å². The number of carbonyl (C=O) groups is 1. The van der Waals surface area contributed by atoms with E-state index in [0.29, 0.717) is 13.2 Å². The fraction of sp³-hybridized carbons (Fsp3) is 0.615. The SMILES string of the molecule is CCn1c(C)cc(CNCCOCC(N)=O)c1C. The van der Waals surface area contributed by atoms with E-state index in [1.165, 1.54) is 17.0 Å². The van der Waals surface area contributed by atoms with Crippen LogP contribution in [0.25, 0.3) is 0 Å². The van der Waals surface area contributed by atoms with Crippen LogP contribution < -0.4 is 11.1 Å². The van der Waals surface area contributed by atoms with E-state index in [9.17, 15) is 4.79 Å². The molecule has 5 heteroatoms. The van der Waals surface area contributed by atoms with Gasteiger partial charge in [0.15, 0.2) is 0 Å². The summed E-state index contributed by atoms with van der Waals surface area (Å²) >= 11 is 0. The lowest BCUT2D eigenvalue weighted by Crippen LogP contribution is -2.23. The Balaban J connectivity index is 2.29. The average molecular weight is 253 g/mol. The van der Waals surface area contributed by atoms with Gasteiger partial charge >= 0.3 is 0 Å². The molecule has 0 atom stereocenters. The van der Waals surface area contributed by atoms with Crippen molar-refractivity contribution in [2.45, 2.75) is 33.9 Å². The van der Waals surface area contributed by atoms with Crippen LogP contribution in [0.4, 0.5) is 0 Å². The Kier molecular flexibility index (Phi) is 5.88. The first-order chi connectivity index (χ1) is 8.56. The number of nitrogens with one attached hydrogen (secondary N) is 1. The third kappa shape index (κ3) is 4.16. The van der Waals surface area contributed by atoms with Crippen LogP contribution in [0.1, 0.15) is 23.9 Å². The van der Waals surface area contributed by atoms with Crippen LogP contribution in [-0.4, -0.2) is 30.2 Å². The monoisotopic (exact) mass is 253 g/mol. The van der Waals surface area contributed by atoms with Crippen LogP contribution in [0.3, 0.4) is 0 Å². The highest BCUT2D eigenvalue weighted by molar-refractivity contribution is 5.74. The predicted molar refractivity (Wildman–Crippen MR) is 71.3 cm³/mol. The Morgan fingerprint density at radius 3 is 2.78 bits per heavy atom. The Labute approximate surface area is 108 Å². The van der Waals surface area contributed by atoms with Gasteiger partial charge < -0.3 is 20.4 Å². The average Bonchev–Trinajstić information content (AvgIpc) is 2.58. The second kappa shape index (κ2) is 7.18. The molecule has 102 valence electrons. The molecular formula is C13H23N3O2. The van der Waals surface area contributed by atoms with E-state index >= 15 is 0 Å². The highest BCUT2D eigenvalue weighted by Crippen LogP contribution is 2.14. The lowest BCUT2D eigenvalue weighted by atomic mass is 10.2. The summed E-state index contributed by atoms with van der Waals surface area (Å²) in [7, 11) is 0. The van der Waals surface area contributed by atoms with Crippen molar-refractivity contribution in [3.63, 3.8) is 0 Å². The summed E-state index contributed by atoms with van der Waals surface area (Å²) in [5.74, 6) is -0.429. The molecule has 3 N–H and O–H groups in total. The molecule has 0 bridgehead atoms. The molecule has 0 aliphatic carbocycles. The maximum Gasteiger partial charge on any atom is 0.243 e. The maximum atomic E-state index is 10.4. The number of aryl methyl sites for hydroxylation is 1. The Bertz CT molecular complexity index is 399. The first-order valence-corrected chi connectivity index (χ1v) is 6.28. The molecule has 0 fully saturated rings. The second-order valence-corrected chi connectivity index (χ2v) is 4.34. The first-order valence-electron chi connectivity index (χ1n) is 6.28. The zero-order valence-corrected chi connectivity index (χ0v) is 11.5. The smallest absolute Gasteiger partial charge is 0.243 e. The molecule has 1 amide bonds. The molecule has 18 heavy (non-hydrogen) atoms. The van der Waals surface area contributed by atoms with Gasteiger partial charge in [0.25, 0.3) is 0 Å². The van der Waals surface area contributed by atoms with Crippen molar-refractivity contribution in [2.24, 2.45) is 5.73 Å². The number of nitrogens with two attached hydrogens (primary N) is 1. The van der Waals surface area contributed by atoms with Gasteiger partial charge in [0.1, 0.15) is 6.61 Å². The first kappa shape index (κ1) is 14.7. The Hall–Kier alpha value is -1.33. The molecule has 0 saturated carbocycles. The van der Waals surface area contributed by atoms with Crippen molar-refractivity contribution >= 4 is 5.91 Å². The van der Waals surface area contributed by atoms with Gasteiger partial charge in [0.2, 0.25) is 5.91 Å². The summed E-state index contributed by atoms with van der Waals surface area (Å²) in [5.41, 5.74) is 8.87. The largest absolute Gasteiger partial charge is 0.370 e. The molecule has 1 rings (SSSR count). The second-order valence-electron chi connectivity index (χ2n) is 4.34. The quantitative estimate of drug-likeness (QED) is 0.671. The molecular weight excluding hydrogens is 230 g/mol. The number of carbonyl (C=O) groups excluding carboxylic acids is 1. The molecule has 5 nitrogen and oxygen atoms in total. The van der Waals surface area contributed by atoms with Crippen molar-refractivity contribution in [1.29, 1.82) is 0 Å². The number of ether oxygens (including phenoxy) is 1. The van der Waals surface area contributed by atoms with Crippen molar-refractivity contribution in [1.82, 2.24) is 9.88 Å². The Morgan fingerprint density at radius 2 is 2.22 bits per heavy atom. The maximum absolute atomic E-state index is 10.4. The highest BCUT2D eigenvalue weighted by Gasteiger charge is 2.06. The van der Waals surface area contributed by atoms with Crippen molar-refractivity contribution < 1.29 is 9.53 Å². The van der Waals surface area contributed by atoms with Crippen molar-refractivity contribution in [2.75, 3.05) is 19.8 Å². The fourth-order valence-electron chi connectivity index (χ4n) is 2.08. The molecule has 0 unspecified atom stereocenters. The number of primary amides is 1. The molecule has 0 saturated heterocycles. The van der Waals surface area contributed by atoms with Crippen LogP contribution >= 0.6 is 0 Å². The van der Waals surface area contributed by atoms with Gasteiger partial charge in [-0.3, -0.25) is 4.79 Å². The van der Waals surface area contributed by atoms with Crippen LogP contribution in [0, 0.1) is 13.8 Å². The van der Waals surface area contributed by atoms with Gasteiger partial charge in [-0.1, -0.05) is 0 Å². The lowest BCUT2D eigenvalue weighted by molar-refractivity contribution is -0.122. The standard InChI is InChI=1S/C13H23N3O2/c1-4-16-10(2)7-12(11(16)3)8-15-5-6-18-9-13(14)17/h7,15H,4-6,8-9H2,1-3H3,(H2,14,17). The van der Waals surface area contributed by atoms with Gasteiger partial charge in [-0.05, 0) is 32.4 Å². The van der Waals surface area contributed by atoms with E-state index in [1.807, 2.05) is 0 Å². The van der Waals surface area contributed by atoms with E-state index in [2.05, 4.69) is 36.7 Å². The van der Waals surface area contributed by atoms with Gasteiger partial charge in [0.05, 0.1) is 6.61 Å². The zero-order chi connectivity index (χ0) is 13.5. The minimum absolute atomic E-state index is 0.00791. The number of nitrogens with zero attached hydrogens (tertiary/aromatic N) is 1. The lowest BCUT2D eigenvalue weighted by Gasteiger charge is -2.07. The number of rotatable bonds is 8. The highest BCUT2D eigenvalue weighted by atomic mass is 16.5. The molecule has 1 aromatic heterocycles. The van der Waals surface area contributed by atoms with Crippen LogP contribution in [-0.2, 0) is 22.6 Å². The fourth-order valence-corrected chi connectivity index (χ4v) is 2.08. The van der Waals surface area contributed by atoms with Gasteiger partial charge in [-0.2, -0.15) is 0 Å². The normalized spacial score (nSPS) is 10.8. The van der Waals surface area contributed by atoms with E-state index in [0.717, 1.165) is 13.1 Å². The molecule has 0 aliphatic heterocycles. The summed E-state index contributed by atoms with van der Waals surface area (Å²) in [6, 6.07) is 2.20. The summed E-state index contributed by atoms with van der Waals surface area (Å²) in [4.78, 5) is 10.4. The number of hydrogen-bond acceptors (Lipinski definition) is 3. The van der Waals surface area contributed by atoms with Crippen LogP contribution in [0.2, 0.25) is 0 Å². The minimum atomic E-state index is -0.429.